The molecule has 0 aromatic heterocycles. The zero-order valence-corrected chi connectivity index (χ0v) is 9.54. The predicted molar refractivity (Wildman–Crippen MR) is 58.7 cm³/mol. The first-order valence-electron chi connectivity index (χ1n) is 4.95. The van der Waals surface area contributed by atoms with Crippen LogP contribution in [-0.4, -0.2) is 5.97 Å². The van der Waals surface area contributed by atoms with Crippen LogP contribution in [0.1, 0.15) is 31.9 Å². The van der Waals surface area contributed by atoms with Gasteiger partial charge in [-0.25, -0.2) is 0 Å². The quantitative estimate of drug-likeness (QED) is 0.684. The van der Waals surface area contributed by atoms with Crippen molar-refractivity contribution in [1.82, 2.24) is 0 Å². The number of hydrogen-bond donors (Lipinski definition) is 0. The van der Waals surface area contributed by atoms with Crippen LogP contribution in [0.3, 0.4) is 0 Å². The molecule has 1 aromatic rings. The Bertz CT molecular complexity index is 381. The second kappa shape index (κ2) is 3.53. The van der Waals surface area contributed by atoms with Gasteiger partial charge in [-0.2, -0.15) is 0 Å². The Balaban J connectivity index is 2.21. The summed E-state index contributed by atoms with van der Waals surface area (Å²) < 4.78 is 5.32. The topological polar surface area (TPSA) is 26.3 Å². The van der Waals surface area contributed by atoms with Gasteiger partial charge in [-0.05, 0) is 31.5 Å². The van der Waals surface area contributed by atoms with Crippen molar-refractivity contribution in [3.63, 3.8) is 0 Å². The molecule has 2 rings (SSSR count). The Kier molecular flexibility index (Phi) is 2.47. The summed E-state index contributed by atoms with van der Waals surface area (Å²) in [4.78, 5) is 11.5. The van der Waals surface area contributed by atoms with Crippen molar-refractivity contribution in [2.24, 2.45) is 5.41 Å². The SMILES string of the molecule is CC1(C)CC(c2ccc(Cl)cc2)OC1=O. The summed E-state index contributed by atoms with van der Waals surface area (Å²) in [7, 11) is 0. The standard InChI is InChI=1S/C12H13ClO2/c1-12(2)7-10(15-11(12)14)8-3-5-9(13)6-4-8/h3-6,10H,7H2,1-2H3. The number of carbonyl (C=O) groups is 1. The molecule has 80 valence electrons. The van der Waals surface area contributed by atoms with Gasteiger partial charge >= 0.3 is 5.97 Å². The summed E-state index contributed by atoms with van der Waals surface area (Å²) in [6.07, 6.45) is 0.609. The molecule has 1 aliphatic heterocycles. The van der Waals surface area contributed by atoms with Gasteiger partial charge in [-0.1, -0.05) is 23.7 Å². The number of halogens is 1. The van der Waals surface area contributed by atoms with Crippen molar-refractivity contribution >= 4 is 17.6 Å². The maximum atomic E-state index is 11.5. The zero-order valence-electron chi connectivity index (χ0n) is 8.79. The smallest absolute Gasteiger partial charge is 0.312 e. The Hall–Kier alpha value is -1.02. The summed E-state index contributed by atoms with van der Waals surface area (Å²) in [6.45, 7) is 3.82. The van der Waals surface area contributed by atoms with Gasteiger partial charge in [0.25, 0.3) is 0 Å². The largest absolute Gasteiger partial charge is 0.457 e. The third-order valence-electron chi connectivity index (χ3n) is 2.74. The van der Waals surface area contributed by atoms with Crippen LogP contribution in [0.25, 0.3) is 0 Å². The van der Waals surface area contributed by atoms with E-state index in [2.05, 4.69) is 0 Å². The number of rotatable bonds is 1. The van der Waals surface area contributed by atoms with Gasteiger partial charge in [0.2, 0.25) is 0 Å². The number of cyclic esters (lactones) is 1. The van der Waals surface area contributed by atoms with Gasteiger partial charge in [-0.15, -0.1) is 0 Å². The Morgan fingerprint density at radius 2 is 1.93 bits per heavy atom. The molecule has 1 unspecified atom stereocenters. The van der Waals surface area contributed by atoms with E-state index in [0.717, 1.165) is 12.0 Å². The van der Waals surface area contributed by atoms with Gasteiger partial charge in [0.1, 0.15) is 6.10 Å². The van der Waals surface area contributed by atoms with E-state index >= 15 is 0 Å². The third-order valence-corrected chi connectivity index (χ3v) is 2.99. The fourth-order valence-corrected chi connectivity index (χ4v) is 1.87. The number of hydrogen-bond acceptors (Lipinski definition) is 2. The van der Waals surface area contributed by atoms with Gasteiger partial charge < -0.3 is 4.74 Å². The summed E-state index contributed by atoms with van der Waals surface area (Å²) in [5.41, 5.74) is 0.642. The van der Waals surface area contributed by atoms with Crippen molar-refractivity contribution in [3.05, 3.63) is 34.9 Å². The average molecular weight is 225 g/mol. The molecular formula is C12H13ClO2. The number of ether oxygens (including phenoxy) is 1. The molecule has 1 heterocycles. The van der Waals surface area contributed by atoms with Crippen LogP contribution >= 0.6 is 11.6 Å². The molecular weight excluding hydrogens is 212 g/mol. The van der Waals surface area contributed by atoms with E-state index in [9.17, 15) is 4.79 Å². The molecule has 0 saturated carbocycles. The van der Waals surface area contributed by atoms with Crippen molar-refractivity contribution in [2.45, 2.75) is 26.4 Å². The lowest BCUT2D eigenvalue weighted by molar-refractivity contribution is -0.147. The first-order valence-corrected chi connectivity index (χ1v) is 5.33. The normalized spacial score (nSPS) is 23.9. The minimum atomic E-state index is -0.371. The van der Waals surface area contributed by atoms with E-state index in [1.54, 1.807) is 0 Å². The second-order valence-corrected chi connectivity index (χ2v) is 4.97. The first kappa shape index (κ1) is 10.5. The molecule has 1 atom stereocenters. The Morgan fingerprint density at radius 1 is 1.33 bits per heavy atom. The van der Waals surface area contributed by atoms with Crippen molar-refractivity contribution < 1.29 is 9.53 Å². The van der Waals surface area contributed by atoms with Crippen LogP contribution in [0, 0.1) is 5.41 Å². The average Bonchev–Trinajstić information content (AvgIpc) is 2.42. The predicted octanol–water partition coefficient (Wildman–Crippen LogP) is 3.35. The highest BCUT2D eigenvalue weighted by Gasteiger charge is 2.41. The summed E-state index contributed by atoms with van der Waals surface area (Å²) in [5.74, 6) is -0.123. The molecule has 2 nitrogen and oxygen atoms in total. The third kappa shape index (κ3) is 2.00. The molecule has 1 aliphatic rings. The molecule has 0 aliphatic carbocycles. The van der Waals surface area contributed by atoms with Crippen molar-refractivity contribution in [2.75, 3.05) is 0 Å². The lowest BCUT2D eigenvalue weighted by Gasteiger charge is -2.10. The van der Waals surface area contributed by atoms with E-state index in [1.807, 2.05) is 38.1 Å². The Labute approximate surface area is 94.2 Å². The number of benzene rings is 1. The van der Waals surface area contributed by atoms with E-state index in [4.69, 9.17) is 16.3 Å². The summed E-state index contributed by atoms with van der Waals surface area (Å²) in [6, 6.07) is 7.44. The molecule has 0 bridgehead atoms. The molecule has 1 aromatic carbocycles. The van der Waals surface area contributed by atoms with Crippen LogP contribution in [0.15, 0.2) is 24.3 Å². The van der Waals surface area contributed by atoms with Crippen LogP contribution < -0.4 is 0 Å². The highest BCUT2D eigenvalue weighted by molar-refractivity contribution is 6.30. The van der Waals surface area contributed by atoms with Gasteiger partial charge in [0.05, 0.1) is 5.41 Å². The highest BCUT2D eigenvalue weighted by atomic mass is 35.5. The van der Waals surface area contributed by atoms with Crippen LogP contribution in [0.2, 0.25) is 5.02 Å². The van der Waals surface area contributed by atoms with Gasteiger partial charge in [0, 0.05) is 11.4 Å². The maximum absolute atomic E-state index is 11.5. The summed E-state index contributed by atoms with van der Waals surface area (Å²) in [5, 5.41) is 0.697. The van der Waals surface area contributed by atoms with Crippen LogP contribution in [0.4, 0.5) is 0 Å². The minimum absolute atomic E-state index is 0.121. The van der Waals surface area contributed by atoms with E-state index in [0.29, 0.717) is 5.02 Å². The maximum Gasteiger partial charge on any atom is 0.312 e. The van der Waals surface area contributed by atoms with Gasteiger partial charge in [0.15, 0.2) is 0 Å². The van der Waals surface area contributed by atoms with E-state index in [-0.39, 0.29) is 17.5 Å². The van der Waals surface area contributed by atoms with E-state index < -0.39 is 0 Å². The summed E-state index contributed by atoms with van der Waals surface area (Å²) >= 11 is 5.80. The molecule has 0 spiro atoms. The molecule has 0 radical (unpaired) electrons. The fraction of sp³-hybridized carbons (Fsp3) is 0.417. The monoisotopic (exact) mass is 224 g/mol. The first-order chi connectivity index (χ1) is 6.99. The minimum Gasteiger partial charge on any atom is -0.457 e. The molecule has 0 amide bonds. The molecule has 0 N–H and O–H groups in total. The van der Waals surface area contributed by atoms with Crippen molar-refractivity contribution in [3.8, 4) is 0 Å². The fourth-order valence-electron chi connectivity index (χ4n) is 1.74. The van der Waals surface area contributed by atoms with E-state index in [1.165, 1.54) is 0 Å². The van der Waals surface area contributed by atoms with Crippen LogP contribution in [-0.2, 0) is 9.53 Å². The number of esters is 1. The molecule has 1 fully saturated rings. The zero-order chi connectivity index (χ0) is 11.1. The molecule has 15 heavy (non-hydrogen) atoms. The van der Waals surface area contributed by atoms with Crippen molar-refractivity contribution in [1.29, 1.82) is 0 Å². The number of carbonyl (C=O) groups excluding carboxylic acids is 1. The molecule has 1 saturated heterocycles. The second-order valence-electron chi connectivity index (χ2n) is 4.53. The lowest BCUT2D eigenvalue weighted by atomic mass is 9.88. The lowest BCUT2D eigenvalue weighted by Crippen LogP contribution is -2.16. The van der Waals surface area contributed by atoms with Crippen LogP contribution in [0.5, 0.6) is 0 Å². The van der Waals surface area contributed by atoms with Gasteiger partial charge in [-0.3, -0.25) is 4.79 Å². The Morgan fingerprint density at radius 3 is 2.40 bits per heavy atom. The highest BCUT2D eigenvalue weighted by Crippen LogP contribution is 2.41. The molecule has 3 heteroatoms.